The summed E-state index contributed by atoms with van der Waals surface area (Å²) in [6, 6.07) is 0. The van der Waals surface area contributed by atoms with Crippen LogP contribution in [0.15, 0.2) is 0 Å². The normalized spacial score (nSPS) is 34.5. The standard InChI is InChI=1S/C10H18N2O2/c1-10(2-7-14-9(10)13)8-12-5-3-11-4-6-12/h11H,2-8H2,1H3. The summed E-state index contributed by atoms with van der Waals surface area (Å²) in [4.78, 5) is 13.9. The van der Waals surface area contributed by atoms with Crippen molar-refractivity contribution in [2.45, 2.75) is 13.3 Å². The molecular formula is C10H18N2O2. The second-order valence-electron chi connectivity index (χ2n) is 4.47. The van der Waals surface area contributed by atoms with E-state index in [9.17, 15) is 4.79 Å². The highest BCUT2D eigenvalue weighted by molar-refractivity contribution is 5.78. The molecular weight excluding hydrogens is 180 g/mol. The molecule has 0 amide bonds. The van der Waals surface area contributed by atoms with Gasteiger partial charge in [0.15, 0.2) is 0 Å². The van der Waals surface area contributed by atoms with Gasteiger partial charge in [-0.15, -0.1) is 0 Å². The van der Waals surface area contributed by atoms with Gasteiger partial charge in [0.1, 0.15) is 0 Å². The fourth-order valence-corrected chi connectivity index (χ4v) is 2.15. The molecule has 0 radical (unpaired) electrons. The molecule has 2 heterocycles. The van der Waals surface area contributed by atoms with Gasteiger partial charge in [-0.25, -0.2) is 0 Å². The van der Waals surface area contributed by atoms with Crippen LogP contribution in [0, 0.1) is 5.41 Å². The smallest absolute Gasteiger partial charge is 0.313 e. The highest BCUT2D eigenvalue weighted by Gasteiger charge is 2.41. The Morgan fingerprint density at radius 1 is 1.50 bits per heavy atom. The molecule has 0 aliphatic carbocycles. The van der Waals surface area contributed by atoms with Crippen molar-refractivity contribution in [2.75, 3.05) is 39.3 Å². The summed E-state index contributed by atoms with van der Waals surface area (Å²) in [5.41, 5.74) is -0.253. The van der Waals surface area contributed by atoms with Crippen LogP contribution in [-0.2, 0) is 9.53 Å². The van der Waals surface area contributed by atoms with Gasteiger partial charge >= 0.3 is 5.97 Å². The molecule has 0 saturated carbocycles. The molecule has 2 saturated heterocycles. The Labute approximate surface area is 84.6 Å². The number of rotatable bonds is 2. The Balaban J connectivity index is 1.91. The number of piperazine rings is 1. The topological polar surface area (TPSA) is 41.6 Å². The maximum absolute atomic E-state index is 11.5. The Kier molecular flexibility index (Phi) is 2.74. The summed E-state index contributed by atoms with van der Waals surface area (Å²) in [5, 5.41) is 3.31. The van der Waals surface area contributed by atoms with Crippen molar-refractivity contribution in [2.24, 2.45) is 5.41 Å². The summed E-state index contributed by atoms with van der Waals surface area (Å²) < 4.78 is 5.03. The van der Waals surface area contributed by atoms with Crippen molar-refractivity contribution >= 4 is 5.97 Å². The molecule has 1 N–H and O–H groups in total. The van der Waals surface area contributed by atoms with Gasteiger partial charge in [-0.1, -0.05) is 0 Å². The van der Waals surface area contributed by atoms with Crippen molar-refractivity contribution < 1.29 is 9.53 Å². The molecule has 0 aromatic carbocycles. The van der Waals surface area contributed by atoms with Crippen LogP contribution in [0.4, 0.5) is 0 Å². The average molecular weight is 198 g/mol. The summed E-state index contributed by atoms with van der Waals surface area (Å²) >= 11 is 0. The lowest BCUT2D eigenvalue weighted by Gasteiger charge is -2.32. The Morgan fingerprint density at radius 3 is 2.79 bits per heavy atom. The molecule has 14 heavy (non-hydrogen) atoms. The minimum absolute atomic E-state index is 0.0176. The highest BCUT2D eigenvalue weighted by atomic mass is 16.5. The predicted octanol–water partition coefficient (Wildman–Crippen LogP) is -0.155. The van der Waals surface area contributed by atoms with Crippen LogP contribution in [0.5, 0.6) is 0 Å². The largest absolute Gasteiger partial charge is 0.465 e. The van der Waals surface area contributed by atoms with E-state index < -0.39 is 0 Å². The van der Waals surface area contributed by atoms with E-state index in [2.05, 4.69) is 10.2 Å². The van der Waals surface area contributed by atoms with Crippen LogP contribution in [0.3, 0.4) is 0 Å². The van der Waals surface area contributed by atoms with Gasteiger partial charge < -0.3 is 10.1 Å². The van der Waals surface area contributed by atoms with Crippen LogP contribution in [-0.4, -0.2) is 50.2 Å². The first kappa shape index (κ1) is 9.93. The second kappa shape index (κ2) is 3.87. The van der Waals surface area contributed by atoms with Crippen molar-refractivity contribution in [3.63, 3.8) is 0 Å². The number of carbonyl (C=O) groups is 1. The third kappa shape index (κ3) is 1.91. The lowest BCUT2D eigenvalue weighted by molar-refractivity contribution is -0.146. The average Bonchev–Trinajstić information content (AvgIpc) is 2.48. The Morgan fingerprint density at radius 2 is 2.21 bits per heavy atom. The first-order valence-corrected chi connectivity index (χ1v) is 5.31. The van der Waals surface area contributed by atoms with E-state index in [1.54, 1.807) is 0 Å². The molecule has 2 fully saturated rings. The van der Waals surface area contributed by atoms with E-state index in [0.717, 1.165) is 39.1 Å². The van der Waals surface area contributed by atoms with Crippen molar-refractivity contribution in [1.29, 1.82) is 0 Å². The molecule has 0 spiro atoms. The monoisotopic (exact) mass is 198 g/mol. The van der Waals surface area contributed by atoms with Gasteiger partial charge in [0.25, 0.3) is 0 Å². The van der Waals surface area contributed by atoms with Gasteiger partial charge in [0, 0.05) is 32.7 Å². The summed E-state index contributed by atoms with van der Waals surface area (Å²) in [5.74, 6) is -0.0176. The number of cyclic esters (lactones) is 1. The SMILES string of the molecule is CC1(CN2CCNCC2)CCOC1=O. The number of nitrogens with one attached hydrogen (secondary N) is 1. The third-order valence-electron chi connectivity index (χ3n) is 3.16. The molecule has 1 unspecified atom stereocenters. The number of ether oxygens (including phenoxy) is 1. The lowest BCUT2D eigenvalue weighted by atomic mass is 9.88. The Hall–Kier alpha value is -0.610. The van der Waals surface area contributed by atoms with Crippen LogP contribution < -0.4 is 5.32 Å². The maximum Gasteiger partial charge on any atom is 0.313 e. The van der Waals surface area contributed by atoms with Gasteiger partial charge in [-0.2, -0.15) is 0 Å². The quantitative estimate of drug-likeness (QED) is 0.626. The van der Waals surface area contributed by atoms with E-state index in [1.165, 1.54) is 0 Å². The molecule has 0 aromatic heterocycles. The number of hydrogen-bond donors (Lipinski definition) is 1. The highest BCUT2D eigenvalue weighted by Crippen LogP contribution is 2.30. The van der Waals surface area contributed by atoms with E-state index in [0.29, 0.717) is 6.61 Å². The zero-order valence-corrected chi connectivity index (χ0v) is 8.71. The predicted molar refractivity (Wildman–Crippen MR) is 53.0 cm³/mol. The Bertz CT molecular complexity index is 226. The minimum Gasteiger partial charge on any atom is -0.465 e. The zero-order chi connectivity index (χ0) is 10.0. The molecule has 80 valence electrons. The first-order chi connectivity index (χ1) is 6.71. The van der Waals surface area contributed by atoms with Gasteiger partial charge in [-0.3, -0.25) is 9.69 Å². The minimum atomic E-state index is -0.253. The van der Waals surface area contributed by atoms with Crippen LogP contribution in [0.2, 0.25) is 0 Å². The van der Waals surface area contributed by atoms with E-state index >= 15 is 0 Å². The fourth-order valence-electron chi connectivity index (χ4n) is 2.15. The molecule has 2 rings (SSSR count). The number of hydrogen-bond acceptors (Lipinski definition) is 4. The zero-order valence-electron chi connectivity index (χ0n) is 8.71. The molecule has 4 heteroatoms. The molecule has 2 aliphatic heterocycles. The van der Waals surface area contributed by atoms with Gasteiger partial charge in [0.05, 0.1) is 12.0 Å². The van der Waals surface area contributed by atoms with Gasteiger partial charge in [0.2, 0.25) is 0 Å². The van der Waals surface area contributed by atoms with E-state index in [4.69, 9.17) is 4.74 Å². The van der Waals surface area contributed by atoms with Crippen LogP contribution >= 0.6 is 0 Å². The van der Waals surface area contributed by atoms with Crippen molar-refractivity contribution in [3.8, 4) is 0 Å². The summed E-state index contributed by atoms with van der Waals surface area (Å²) in [6.07, 6.45) is 0.871. The molecule has 0 bridgehead atoms. The summed E-state index contributed by atoms with van der Waals surface area (Å²) in [6.45, 7) is 7.63. The number of carbonyl (C=O) groups excluding carboxylic acids is 1. The summed E-state index contributed by atoms with van der Waals surface area (Å²) in [7, 11) is 0. The van der Waals surface area contributed by atoms with Crippen LogP contribution in [0.25, 0.3) is 0 Å². The third-order valence-corrected chi connectivity index (χ3v) is 3.16. The van der Waals surface area contributed by atoms with Crippen molar-refractivity contribution in [3.05, 3.63) is 0 Å². The van der Waals surface area contributed by atoms with Gasteiger partial charge in [-0.05, 0) is 13.3 Å². The molecule has 0 aromatic rings. The second-order valence-corrected chi connectivity index (χ2v) is 4.47. The lowest BCUT2D eigenvalue weighted by Crippen LogP contribution is -2.48. The van der Waals surface area contributed by atoms with Crippen LogP contribution in [0.1, 0.15) is 13.3 Å². The van der Waals surface area contributed by atoms with E-state index in [1.807, 2.05) is 6.92 Å². The van der Waals surface area contributed by atoms with Crippen molar-refractivity contribution in [1.82, 2.24) is 10.2 Å². The molecule has 4 nitrogen and oxygen atoms in total. The maximum atomic E-state index is 11.5. The number of esters is 1. The van der Waals surface area contributed by atoms with E-state index in [-0.39, 0.29) is 11.4 Å². The number of nitrogens with zero attached hydrogens (tertiary/aromatic N) is 1. The first-order valence-electron chi connectivity index (χ1n) is 5.31. The fraction of sp³-hybridized carbons (Fsp3) is 0.900. The molecule has 1 atom stereocenters. The molecule has 2 aliphatic rings.